The van der Waals surface area contributed by atoms with Crippen molar-refractivity contribution in [1.29, 1.82) is 0 Å². The van der Waals surface area contributed by atoms with E-state index in [2.05, 4.69) is 11.4 Å². The Labute approximate surface area is 147 Å². The number of carbonyl (C=O) groups excluding carboxylic acids is 2. The molecule has 1 heterocycles. The zero-order valence-electron chi connectivity index (χ0n) is 14.2. The van der Waals surface area contributed by atoms with E-state index >= 15 is 0 Å². The van der Waals surface area contributed by atoms with Gasteiger partial charge in [0, 0.05) is 10.6 Å². The van der Waals surface area contributed by atoms with Gasteiger partial charge in [-0.3, -0.25) is 4.79 Å². The van der Waals surface area contributed by atoms with Crippen LogP contribution in [0, 0.1) is 5.92 Å². The first-order chi connectivity index (χ1) is 11.4. The molecule has 132 valence electrons. The molecule has 7 heteroatoms. The standard InChI is InChI=1S/C17H25ClN4O2/c1-12(2)15(20-17(19)24)16(23)22-8-6-21(7-9-22)11-13-4-3-5-14(18)10-13/h3-5,10,12,15H,6-9,11H2,1-2H3,(H3,19,20,24)/p+1/t15-/m0/s1. The molecular weight excluding hydrogens is 328 g/mol. The van der Waals surface area contributed by atoms with E-state index in [9.17, 15) is 9.59 Å². The molecule has 3 amide bonds. The molecule has 0 radical (unpaired) electrons. The van der Waals surface area contributed by atoms with Gasteiger partial charge < -0.3 is 20.9 Å². The number of urea groups is 1. The lowest BCUT2D eigenvalue weighted by molar-refractivity contribution is -0.917. The van der Waals surface area contributed by atoms with Crippen LogP contribution in [-0.2, 0) is 11.3 Å². The molecule has 2 rings (SSSR count). The van der Waals surface area contributed by atoms with E-state index < -0.39 is 12.1 Å². The van der Waals surface area contributed by atoms with Crippen LogP contribution >= 0.6 is 11.6 Å². The summed E-state index contributed by atoms with van der Waals surface area (Å²) in [5, 5.41) is 3.31. The van der Waals surface area contributed by atoms with Crippen LogP contribution in [0.25, 0.3) is 0 Å². The van der Waals surface area contributed by atoms with Crippen LogP contribution < -0.4 is 16.0 Å². The second-order valence-corrected chi connectivity index (χ2v) is 7.05. The maximum Gasteiger partial charge on any atom is 0.312 e. The molecular formula is C17H26ClN4O2+. The summed E-state index contributed by atoms with van der Waals surface area (Å²) in [4.78, 5) is 27.0. The van der Waals surface area contributed by atoms with Crippen molar-refractivity contribution in [3.05, 3.63) is 34.9 Å². The van der Waals surface area contributed by atoms with E-state index in [4.69, 9.17) is 17.3 Å². The first-order valence-electron chi connectivity index (χ1n) is 8.29. The molecule has 4 N–H and O–H groups in total. The number of piperazine rings is 1. The lowest BCUT2D eigenvalue weighted by atomic mass is 10.0. The fraction of sp³-hybridized carbons (Fsp3) is 0.529. The number of hydrogen-bond acceptors (Lipinski definition) is 2. The van der Waals surface area contributed by atoms with Crippen molar-refractivity contribution in [1.82, 2.24) is 10.2 Å². The lowest BCUT2D eigenvalue weighted by Crippen LogP contribution is -3.13. The Morgan fingerprint density at radius 2 is 2.00 bits per heavy atom. The molecule has 0 bridgehead atoms. The second-order valence-electron chi connectivity index (χ2n) is 6.61. The molecule has 1 fully saturated rings. The monoisotopic (exact) mass is 353 g/mol. The summed E-state index contributed by atoms with van der Waals surface area (Å²) >= 11 is 6.03. The van der Waals surface area contributed by atoms with Crippen LogP contribution in [-0.4, -0.2) is 49.1 Å². The summed E-state index contributed by atoms with van der Waals surface area (Å²) in [6.45, 7) is 7.81. The smallest absolute Gasteiger partial charge is 0.312 e. The van der Waals surface area contributed by atoms with Gasteiger partial charge in [-0.15, -0.1) is 0 Å². The first kappa shape index (κ1) is 18.5. The predicted octanol–water partition coefficient (Wildman–Crippen LogP) is 0.260. The van der Waals surface area contributed by atoms with Crippen molar-refractivity contribution in [3.63, 3.8) is 0 Å². The number of quaternary nitrogens is 1. The predicted molar refractivity (Wildman–Crippen MR) is 93.8 cm³/mol. The Kier molecular flexibility index (Phi) is 6.45. The van der Waals surface area contributed by atoms with Gasteiger partial charge in [-0.05, 0) is 18.1 Å². The van der Waals surface area contributed by atoms with Gasteiger partial charge >= 0.3 is 6.03 Å². The van der Waals surface area contributed by atoms with Crippen LogP contribution in [0.1, 0.15) is 19.4 Å². The number of rotatable bonds is 5. The molecule has 0 aromatic heterocycles. The Balaban J connectivity index is 1.89. The zero-order valence-corrected chi connectivity index (χ0v) is 15.0. The fourth-order valence-electron chi connectivity index (χ4n) is 3.02. The molecule has 1 aromatic carbocycles. The quantitative estimate of drug-likeness (QED) is 0.710. The number of nitrogens with one attached hydrogen (secondary N) is 2. The Morgan fingerprint density at radius 1 is 1.33 bits per heavy atom. The summed E-state index contributed by atoms with van der Waals surface area (Å²) in [6.07, 6.45) is 0. The number of carbonyl (C=O) groups is 2. The molecule has 6 nitrogen and oxygen atoms in total. The largest absolute Gasteiger partial charge is 0.352 e. The Morgan fingerprint density at radius 3 is 2.54 bits per heavy atom. The summed E-state index contributed by atoms with van der Waals surface area (Å²) in [5.41, 5.74) is 6.38. The molecule has 1 aromatic rings. The lowest BCUT2D eigenvalue weighted by Gasteiger charge is -2.35. The minimum atomic E-state index is -0.660. The van der Waals surface area contributed by atoms with E-state index in [0.29, 0.717) is 13.1 Å². The highest BCUT2D eigenvalue weighted by Gasteiger charge is 2.31. The van der Waals surface area contributed by atoms with Gasteiger partial charge in [-0.25, -0.2) is 4.79 Å². The van der Waals surface area contributed by atoms with Gasteiger partial charge in [-0.2, -0.15) is 0 Å². The SMILES string of the molecule is CC(C)[C@H](NC(N)=O)C(=O)N1CC[NH+](Cc2cccc(Cl)c2)CC1. The summed E-state index contributed by atoms with van der Waals surface area (Å²) in [6, 6.07) is 6.66. The maximum absolute atomic E-state index is 12.6. The van der Waals surface area contributed by atoms with E-state index in [1.165, 1.54) is 10.5 Å². The number of benzene rings is 1. The summed E-state index contributed by atoms with van der Waals surface area (Å²) in [5.74, 6) is -0.0487. The van der Waals surface area contributed by atoms with Gasteiger partial charge in [0.1, 0.15) is 12.6 Å². The number of nitrogens with two attached hydrogens (primary N) is 1. The van der Waals surface area contributed by atoms with Gasteiger partial charge in [-0.1, -0.05) is 37.6 Å². The topological polar surface area (TPSA) is 79.9 Å². The summed E-state index contributed by atoms with van der Waals surface area (Å²) < 4.78 is 0. The highest BCUT2D eigenvalue weighted by atomic mass is 35.5. The number of primary amides is 1. The Bertz CT molecular complexity index is 586. The third-order valence-electron chi connectivity index (χ3n) is 4.36. The third kappa shape index (κ3) is 5.11. The zero-order chi connectivity index (χ0) is 17.7. The minimum Gasteiger partial charge on any atom is -0.352 e. The molecule has 0 spiro atoms. The normalized spacial score (nSPS) is 16.9. The van der Waals surface area contributed by atoms with Crippen LogP contribution in [0.5, 0.6) is 0 Å². The van der Waals surface area contributed by atoms with Gasteiger partial charge in [0.05, 0.1) is 26.2 Å². The number of amides is 3. The molecule has 0 saturated carbocycles. The first-order valence-corrected chi connectivity index (χ1v) is 8.67. The van der Waals surface area contributed by atoms with Crippen molar-refractivity contribution in [2.45, 2.75) is 26.4 Å². The molecule has 1 aliphatic rings. The number of hydrogen-bond donors (Lipinski definition) is 3. The summed E-state index contributed by atoms with van der Waals surface area (Å²) in [7, 11) is 0. The van der Waals surface area contributed by atoms with Gasteiger partial charge in [0.15, 0.2) is 0 Å². The maximum atomic E-state index is 12.6. The van der Waals surface area contributed by atoms with Gasteiger partial charge in [0.2, 0.25) is 5.91 Å². The van der Waals surface area contributed by atoms with Crippen molar-refractivity contribution in [2.75, 3.05) is 26.2 Å². The van der Waals surface area contributed by atoms with Gasteiger partial charge in [0.25, 0.3) is 0 Å². The molecule has 1 aliphatic heterocycles. The molecule has 1 atom stereocenters. The average Bonchev–Trinajstić information content (AvgIpc) is 2.52. The van der Waals surface area contributed by atoms with Crippen molar-refractivity contribution < 1.29 is 14.5 Å². The van der Waals surface area contributed by atoms with E-state index in [0.717, 1.165) is 24.7 Å². The highest BCUT2D eigenvalue weighted by Crippen LogP contribution is 2.10. The van der Waals surface area contributed by atoms with Crippen molar-refractivity contribution in [2.24, 2.45) is 11.7 Å². The van der Waals surface area contributed by atoms with Crippen LogP contribution in [0.15, 0.2) is 24.3 Å². The van der Waals surface area contributed by atoms with Crippen LogP contribution in [0.3, 0.4) is 0 Å². The fourth-order valence-corrected chi connectivity index (χ4v) is 3.23. The third-order valence-corrected chi connectivity index (χ3v) is 4.59. The van der Waals surface area contributed by atoms with Crippen LogP contribution in [0.2, 0.25) is 5.02 Å². The number of halogens is 1. The number of nitrogens with zero attached hydrogens (tertiary/aromatic N) is 1. The molecule has 0 aliphatic carbocycles. The second kappa shape index (κ2) is 8.35. The molecule has 0 unspecified atom stereocenters. The minimum absolute atomic E-state index is 0.00170. The van der Waals surface area contributed by atoms with Crippen molar-refractivity contribution >= 4 is 23.5 Å². The van der Waals surface area contributed by atoms with E-state index in [1.807, 2.05) is 36.9 Å². The van der Waals surface area contributed by atoms with E-state index in [-0.39, 0.29) is 11.8 Å². The molecule has 1 saturated heterocycles. The Hall–Kier alpha value is -1.79. The highest BCUT2D eigenvalue weighted by molar-refractivity contribution is 6.30. The van der Waals surface area contributed by atoms with Crippen LogP contribution in [0.4, 0.5) is 4.79 Å². The van der Waals surface area contributed by atoms with E-state index in [1.54, 1.807) is 0 Å². The molecule has 24 heavy (non-hydrogen) atoms. The van der Waals surface area contributed by atoms with Crippen molar-refractivity contribution in [3.8, 4) is 0 Å². The average molecular weight is 354 g/mol.